The van der Waals surface area contributed by atoms with Crippen LogP contribution in [0.15, 0.2) is 40.4 Å². The molecule has 0 amide bonds. The lowest BCUT2D eigenvalue weighted by atomic mass is 10.3. The summed E-state index contributed by atoms with van der Waals surface area (Å²) < 4.78 is 1.82. The van der Waals surface area contributed by atoms with Gasteiger partial charge in [-0.05, 0) is 36.9 Å². The third-order valence-electron chi connectivity index (χ3n) is 2.72. The largest absolute Gasteiger partial charge is 0.381 e. The monoisotopic (exact) mass is 271 g/mol. The second-order valence-corrected chi connectivity index (χ2v) is 5.26. The number of nitrogens with two attached hydrogens (primary N) is 1. The lowest BCUT2D eigenvalue weighted by Gasteiger charge is -2.05. The Labute approximate surface area is 114 Å². The third-order valence-corrected chi connectivity index (χ3v) is 3.81. The molecule has 0 aliphatic heterocycles. The van der Waals surface area contributed by atoms with E-state index in [9.17, 15) is 0 Å². The van der Waals surface area contributed by atoms with Gasteiger partial charge in [0.25, 0.3) is 0 Å². The summed E-state index contributed by atoms with van der Waals surface area (Å²) in [6, 6.07) is 9.70. The maximum absolute atomic E-state index is 5.97. The van der Waals surface area contributed by atoms with Gasteiger partial charge in [0.2, 0.25) is 0 Å². The number of fused-ring (bicyclic) bond motifs is 1. The number of anilines is 1. The molecule has 19 heavy (non-hydrogen) atoms. The average molecular weight is 271 g/mol. The van der Waals surface area contributed by atoms with Crippen molar-refractivity contribution < 1.29 is 0 Å². The molecule has 3 aromatic rings. The molecule has 0 bridgehead atoms. The number of rotatable bonds is 2. The Bertz CT molecular complexity index is 750. The number of hydrogen-bond acceptors (Lipinski definition) is 5. The molecular weight excluding hydrogens is 258 g/mol. The van der Waals surface area contributed by atoms with Crippen LogP contribution in [-0.4, -0.2) is 19.7 Å². The molecular formula is C13H13N5S. The molecule has 6 heteroatoms. The van der Waals surface area contributed by atoms with Crippen molar-refractivity contribution >= 4 is 28.6 Å². The van der Waals surface area contributed by atoms with Crippen molar-refractivity contribution in [3.05, 3.63) is 36.0 Å². The first-order chi connectivity index (χ1) is 9.13. The zero-order valence-electron chi connectivity index (χ0n) is 10.7. The zero-order valence-corrected chi connectivity index (χ0v) is 11.5. The third kappa shape index (κ3) is 2.26. The standard InChI is InChI=1S/C13H13N5S/c1-8-7-11(18(2)17-8)19-13-12(14)15-9-5-3-4-6-10(9)16-13/h3-7H,1-2H3,(H2,14,15). The zero-order chi connectivity index (χ0) is 13.4. The van der Waals surface area contributed by atoms with Crippen LogP contribution in [0.5, 0.6) is 0 Å². The number of aromatic nitrogens is 4. The molecule has 0 unspecified atom stereocenters. The van der Waals surface area contributed by atoms with Gasteiger partial charge in [-0.1, -0.05) is 12.1 Å². The molecule has 0 saturated carbocycles. The molecule has 0 aliphatic carbocycles. The lowest BCUT2D eigenvalue weighted by molar-refractivity contribution is 0.692. The minimum absolute atomic E-state index is 0.447. The van der Waals surface area contributed by atoms with Crippen LogP contribution in [0.1, 0.15) is 5.69 Å². The van der Waals surface area contributed by atoms with Crippen molar-refractivity contribution in [2.24, 2.45) is 7.05 Å². The SMILES string of the molecule is Cc1cc(Sc2nc3ccccc3nc2N)n(C)n1. The van der Waals surface area contributed by atoms with E-state index in [0.717, 1.165) is 21.8 Å². The molecule has 0 fully saturated rings. The van der Waals surface area contributed by atoms with E-state index >= 15 is 0 Å². The summed E-state index contributed by atoms with van der Waals surface area (Å²) in [5.74, 6) is 0.447. The topological polar surface area (TPSA) is 69.6 Å². The molecule has 5 nitrogen and oxygen atoms in total. The summed E-state index contributed by atoms with van der Waals surface area (Å²) in [5.41, 5.74) is 8.59. The molecule has 2 aromatic heterocycles. The first-order valence-electron chi connectivity index (χ1n) is 5.84. The van der Waals surface area contributed by atoms with Crippen LogP contribution in [0, 0.1) is 6.92 Å². The smallest absolute Gasteiger partial charge is 0.157 e. The van der Waals surface area contributed by atoms with Gasteiger partial charge in [0, 0.05) is 7.05 Å². The summed E-state index contributed by atoms with van der Waals surface area (Å²) in [6.45, 7) is 1.96. The fraction of sp³-hybridized carbons (Fsp3) is 0.154. The van der Waals surface area contributed by atoms with Crippen molar-refractivity contribution in [3.8, 4) is 0 Å². The highest BCUT2D eigenvalue weighted by Gasteiger charge is 2.10. The molecule has 1 aromatic carbocycles. The van der Waals surface area contributed by atoms with E-state index in [2.05, 4.69) is 15.1 Å². The molecule has 0 radical (unpaired) electrons. The van der Waals surface area contributed by atoms with Crippen LogP contribution < -0.4 is 5.73 Å². The number of hydrogen-bond donors (Lipinski definition) is 1. The fourth-order valence-electron chi connectivity index (χ4n) is 1.85. The van der Waals surface area contributed by atoms with Crippen molar-refractivity contribution in [2.75, 3.05) is 5.73 Å². The first-order valence-corrected chi connectivity index (χ1v) is 6.66. The van der Waals surface area contributed by atoms with Crippen LogP contribution in [0.25, 0.3) is 11.0 Å². The van der Waals surface area contributed by atoms with Crippen LogP contribution >= 0.6 is 11.8 Å². The van der Waals surface area contributed by atoms with E-state index in [1.54, 1.807) is 0 Å². The van der Waals surface area contributed by atoms with Crippen molar-refractivity contribution in [3.63, 3.8) is 0 Å². The Hall–Kier alpha value is -2.08. The van der Waals surface area contributed by atoms with Crippen LogP contribution in [0.3, 0.4) is 0 Å². The minimum atomic E-state index is 0.447. The highest BCUT2D eigenvalue weighted by Crippen LogP contribution is 2.30. The van der Waals surface area contributed by atoms with Gasteiger partial charge in [0.1, 0.15) is 10.1 Å². The van der Waals surface area contributed by atoms with E-state index in [1.165, 1.54) is 11.8 Å². The Morgan fingerprint density at radius 3 is 2.47 bits per heavy atom. The van der Waals surface area contributed by atoms with Gasteiger partial charge in [0.05, 0.1) is 16.7 Å². The average Bonchev–Trinajstić information content (AvgIpc) is 2.69. The van der Waals surface area contributed by atoms with Gasteiger partial charge in [-0.25, -0.2) is 9.97 Å². The highest BCUT2D eigenvalue weighted by atomic mass is 32.2. The quantitative estimate of drug-likeness (QED) is 0.775. The summed E-state index contributed by atoms with van der Waals surface area (Å²) in [7, 11) is 1.90. The van der Waals surface area contributed by atoms with Gasteiger partial charge >= 0.3 is 0 Å². The molecule has 2 heterocycles. The summed E-state index contributed by atoms with van der Waals surface area (Å²) in [4.78, 5) is 8.93. The van der Waals surface area contributed by atoms with E-state index in [0.29, 0.717) is 10.8 Å². The lowest BCUT2D eigenvalue weighted by Crippen LogP contribution is -1.98. The number of aryl methyl sites for hydroxylation is 2. The number of nitrogen functional groups attached to an aromatic ring is 1. The normalized spacial score (nSPS) is 11.1. The van der Waals surface area contributed by atoms with E-state index in [4.69, 9.17) is 5.73 Å². The first kappa shape index (κ1) is 12.0. The number of nitrogens with zero attached hydrogens (tertiary/aromatic N) is 4. The van der Waals surface area contributed by atoms with Gasteiger partial charge in [-0.3, -0.25) is 4.68 Å². The van der Waals surface area contributed by atoms with Crippen LogP contribution in [0.2, 0.25) is 0 Å². The molecule has 96 valence electrons. The van der Waals surface area contributed by atoms with Crippen molar-refractivity contribution in [1.29, 1.82) is 0 Å². The van der Waals surface area contributed by atoms with E-state index in [-0.39, 0.29) is 0 Å². The fourth-order valence-corrected chi connectivity index (χ4v) is 2.75. The minimum Gasteiger partial charge on any atom is -0.381 e. The summed E-state index contributed by atoms with van der Waals surface area (Å²) in [6.07, 6.45) is 0. The van der Waals surface area contributed by atoms with Gasteiger partial charge in [0.15, 0.2) is 5.82 Å². The second kappa shape index (κ2) is 4.55. The predicted molar refractivity (Wildman–Crippen MR) is 76.0 cm³/mol. The number of benzene rings is 1. The molecule has 0 spiro atoms. The predicted octanol–water partition coefficient (Wildman–Crippen LogP) is 2.41. The van der Waals surface area contributed by atoms with Gasteiger partial charge in [-0.15, -0.1) is 0 Å². The molecule has 0 saturated heterocycles. The van der Waals surface area contributed by atoms with Crippen molar-refractivity contribution in [2.45, 2.75) is 17.0 Å². The van der Waals surface area contributed by atoms with E-state index in [1.807, 2.05) is 49.0 Å². The van der Waals surface area contributed by atoms with Crippen LogP contribution in [-0.2, 0) is 7.05 Å². The number of para-hydroxylation sites is 2. The van der Waals surface area contributed by atoms with Gasteiger partial charge in [-0.2, -0.15) is 5.10 Å². The second-order valence-electron chi connectivity index (χ2n) is 4.25. The Morgan fingerprint density at radius 2 is 1.84 bits per heavy atom. The molecule has 0 aliphatic rings. The summed E-state index contributed by atoms with van der Waals surface area (Å²) >= 11 is 1.48. The maximum atomic E-state index is 5.97. The highest BCUT2D eigenvalue weighted by molar-refractivity contribution is 7.99. The Kier molecular flexibility index (Phi) is 2.87. The van der Waals surface area contributed by atoms with E-state index < -0.39 is 0 Å². The van der Waals surface area contributed by atoms with Crippen LogP contribution in [0.4, 0.5) is 5.82 Å². The van der Waals surface area contributed by atoms with Gasteiger partial charge < -0.3 is 5.73 Å². The maximum Gasteiger partial charge on any atom is 0.157 e. The summed E-state index contributed by atoms with van der Waals surface area (Å²) in [5, 5.41) is 6.01. The van der Waals surface area contributed by atoms with Crippen molar-refractivity contribution in [1.82, 2.24) is 19.7 Å². The Morgan fingerprint density at radius 1 is 1.16 bits per heavy atom. The molecule has 2 N–H and O–H groups in total. The molecule has 0 atom stereocenters. The Balaban J connectivity index is 2.05. The molecule has 3 rings (SSSR count).